The average molecular weight is 165 g/mol. The Morgan fingerprint density at radius 3 is 3.17 bits per heavy atom. The van der Waals surface area contributed by atoms with Crippen LogP contribution in [0.5, 0.6) is 5.75 Å². The van der Waals surface area contributed by atoms with Gasteiger partial charge in [-0.3, -0.25) is 0 Å². The van der Waals surface area contributed by atoms with Crippen molar-refractivity contribution in [2.24, 2.45) is 7.05 Å². The molecule has 0 amide bonds. The van der Waals surface area contributed by atoms with Crippen LogP contribution in [0.2, 0.25) is 0 Å². The van der Waals surface area contributed by atoms with E-state index >= 15 is 0 Å². The smallest absolute Gasteiger partial charge is 0.320 e. The van der Waals surface area contributed by atoms with E-state index in [0.29, 0.717) is 0 Å². The molecular formula is C9H13N2O+. The molecule has 1 aromatic rings. The quantitative estimate of drug-likeness (QED) is 0.629. The summed E-state index contributed by atoms with van der Waals surface area (Å²) in [6.07, 6.45) is 3.13. The van der Waals surface area contributed by atoms with Gasteiger partial charge in [-0.25, -0.2) is 9.88 Å². The van der Waals surface area contributed by atoms with Gasteiger partial charge in [0.1, 0.15) is 0 Å². The Labute approximate surface area is 72.0 Å². The number of ether oxygens (including phenoxy) is 1. The second-order valence-corrected chi connectivity index (χ2v) is 2.99. The number of nitrogens with zero attached hydrogens (tertiary/aromatic N) is 1. The van der Waals surface area contributed by atoms with Gasteiger partial charge in [0.05, 0.1) is 13.2 Å². The van der Waals surface area contributed by atoms with Gasteiger partial charge in [0.25, 0.3) is 0 Å². The molecule has 1 unspecified atom stereocenters. The Bertz CT molecular complexity index is 299. The zero-order valence-electron chi connectivity index (χ0n) is 7.37. The molecule has 0 saturated carbocycles. The maximum Gasteiger partial charge on any atom is 0.320 e. The first-order valence-electron chi connectivity index (χ1n) is 4.23. The van der Waals surface area contributed by atoms with Gasteiger partial charge in [0.15, 0.2) is 0 Å². The van der Waals surface area contributed by atoms with Crippen molar-refractivity contribution in [1.29, 1.82) is 0 Å². The Hall–Kier alpha value is -1.25. The Morgan fingerprint density at radius 1 is 1.67 bits per heavy atom. The van der Waals surface area contributed by atoms with Gasteiger partial charge in [-0.15, -0.1) is 0 Å². The molecule has 0 spiro atoms. The number of hydrogen-bond acceptors (Lipinski definition) is 2. The van der Waals surface area contributed by atoms with Gasteiger partial charge in [0, 0.05) is 6.42 Å². The van der Waals surface area contributed by atoms with Crippen LogP contribution in [0, 0.1) is 0 Å². The van der Waals surface area contributed by atoms with Crippen molar-refractivity contribution in [3.8, 4) is 5.75 Å². The van der Waals surface area contributed by atoms with Crippen LogP contribution >= 0.6 is 0 Å². The molecule has 1 aromatic heterocycles. The minimum atomic E-state index is 0.147. The van der Waals surface area contributed by atoms with Gasteiger partial charge in [-0.1, -0.05) is 6.92 Å². The third-order valence-corrected chi connectivity index (χ3v) is 2.08. The fourth-order valence-corrected chi connectivity index (χ4v) is 1.38. The number of fused-ring (bicyclic) bond motifs is 1. The molecule has 0 aromatic carbocycles. The van der Waals surface area contributed by atoms with Crippen molar-refractivity contribution in [3.63, 3.8) is 0 Å². The SMILES string of the molecule is CCC1Nc2c(ccc[n+]2C)O1. The number of aryl methyl sites for hydroxylation is 1. The summed E-state index contributed by atoms with van der Waals surface area (Å²) in [6, 6.07) is 3.97. The normalized spacial score (nSPS) is 19.7. The van der Waals surface area contributed by atoms with Gasteiger partial charge < -0.3 is 4.74 Å². The summed E-state index contributed by atoms with van der Waals surface area (Å²) in [4.78, 5) is 0. The van der Waals surface area contributed by atoms with E-state index in [-0.39, 0.29) is 6.23 Å². The fraction of sp³-hybridized carbons (Fsp3) is 0.444. The predicted molar refractivity (Wildman–Crippen MR) is 45.9 cm³/mol. The van der Waals surface area contributed by atoms with Gasteiger partial charge in [0.2, 0.25) is 12.0 Å². The zero-order valence-corrected chi connectivity index (χ0v) is 7.37. The molecule has 0 aliphatic carbocycles. The van der Waals surface area contributed by atoms with Crippen LogP contribution in [-0.4, -0.2) is 6.23 Å². The highest BCUT2D eigenvalue weighted by atomic mass is 16.5. The molecular weight excluding hydrogens is 152 g/mol. The largest absolute Gasteiger partial charge is 0.444 e. The van der Waals surface area contributed by atoms with Crippen LogP contribution in [0.15, 0.2) is 18.3 Å². The van der Waals surface area contributed by atoms with Crippen LogP contribution in [0.1, 0.15) is 13.3 Å². The predicted octanol–water partition coefficient (Wildman–Crippen LogP) is 1.05. The Kier molecular flexibility index (Phi) is 1.64. The lowest BCUT2D eigenvalue weighted by Gasteiger charge is -2.00. The topological polar surface area (TPSA) is 25.1 Å². The standard InChI is InChI=1S/C9H12N2O/c1-3-8-10-9-7(12-8)5-4-6-11(9)2/h4-6,8H,3H2,1-2H3/p+1. The van der Waals surface area contributed by atoms with Crippen molar-refractivity contribution < 1.29 is 9.30 Å². The van der Waals surface area contributed by atoms with E-state index in [2.05, 4.69) is 12.2 Å². The number of hydrogen-bond donors (Lipinski definition) is 1. The fourth-order valence-electron chi connectivity index (χ4n) is 1.38. The third kappa shape index (κ3) is 1.02. The summed E-state index contributed by atoms with van der Waals surface area (Å²) in [6.45, 7) is 2.10. The van der Waals surface area contributed by atoms with E-state index < -0.39 is 0 Å². The second kappa shape index (κ2) is 2.66. The third-order valence-electron chi connectivity index (χ3n) is 2.08. The van der Waals surface area contributed by atoms with E-state index in [1.165, 1.54) is 0 Å². The summed E-state index contributed by atoms with van der Waals surface area (Å²) in [5.41, 5.74) is 0. The van der Waals surface area contributed by atoms with Crippen molar-refractivity contribution in [2.75, 3.05) is 5.32 Å². The van der Waals surface area contributed by atoms with Crippen LogP contribution in [-0.2, 0) is 7.05 Å². The molecule has 0 fully saturated rings. The highest BCUT2D eigenvalue weighted by Crippen LogP contribution is 2.27. The van der Waals surface area contributed by atoms with E-state index in [0.717, 1.165) is 18.0 Å². The van der Waals surface area contributed by atoms with Gasteiger partial charge in [-0.05, 0) is 12.1 Å². The number of aromatic nitrogens is 1. The molecule has 0 bridgehead atoms. The molecule has 1 atom stereocenters. The van der Waals surface area contributed by atoms with Crippen molar-refractivity contribution in [3.05, 3.63) is 18.3 Å². The Morgan fingerprint density at radius 2 is 2.50 bits per heavy atom. The number of anilines is 1. The van der Waals surface area contributed by atoms with Crippen LogP contribution in [0.25, 0.3) is 0 Å². The molecule has 0 radical (unpaired) electrons. The lowest BCUT2D eigenvalue weighted by molar-refractivity contribution is -0.656. The Balaban J connectivity index is 2.35. The molecule has 12 heavy (non-hydrogen) atoms. The maximum atomic E-state index is 5.60. The van der Waals surface area contributed by atoms with Gasteiger partial charge in [-0.2, -0.15) is 0 Å². The number of nitrogens with one attached hydrogen (secondary N) is 1. The van der Waals surface area contributed by atoms with Crippen LogP contribution in [0.4, 0.5) is 5.82 Å². The highest BCUT2D eigenvalue weighted by molar-refractivity contribution is 5.49. The first-order valence-corrected chi connectivity index (χ1v) is 4.23. The van der Waals surface area contributed by atoms with Crippen molar-refractivity contribution in [2.45, 2.75) is 19.6 Å². The summed E-state index contributed by atoms with van der Waals surface area (Å²) in [5.74, 6) is 2.02. The first kappa shape index (κ1) is 7.40. The minimum Gasteiger partial charge on any atom is -0.444 e. The second-order valence-electron chi connectivity index (χ2n) is 2.99. The molecule has 3 heteroatoms. The van der Waals surface area contributed by atoms with E-state index in [9.17, 15) is 0 Å². The minimum absolute atomic E-state index is 0.147. The monoisotopic (exact) mass is 165 g/mol. The highest BCUT2D eigenvalue weighted by Gasteiger charge is 2.28. The molecule has 1 aliphatic heterocycles. The average Bonchev–Trinajstić information content (AvgIpc) is 2.49. The summed E-state index contributed by atoms with van der Waals surface area (Å²) in [5, 5.41) is 3.29. The lowest BCUT2D eigenvalue weighted by Crippen LogP contribution is -2.31. The zero-order chi connectivity index (χ0) is 8.55. The maximum absolute atomic E-state index is 5.60. The molecule has 1 N–H and O–H groups in total. The molecule has 0 saturated heterocycles. The molecule has 3 nitrogen and oxygen atoms in total. The van der Waals surface area contributed by atoms with E-state index in [1.807, 2.05) is 29.9 Å². The van der Waals surface area contributed by atoms with Crippen molar-refractivity contribution in [1.82, 2.24) is 0 Å². The van der Waals surface area contributed by atoms with Crippen LogP contribution < -0.4 is 14.6 Å². The van der Waals surface area contributed by atoms with Crippen molar-refractivity contribution >= 4 is 5.82 Å². The van der Waals surface area contributed by atoms with E-state index in [1.54, 1.807) is 0 Å². The summed E-state index contributed by atoms with van der Waals surface area (Å²) in [7, 11) is 2.01. The molecule has 64 valence electrons. The lowest BCUT2D eigenvalue weighted by atomic mass is 10.4. The number of pyridine rings is 1. The van der Waals surface area contributed by atoms with Crippen LogP contribution in [0.3, 0.4) is 0 Å². The molecule has 2 rings (SSSR count). The van der Waals surface area contributed by atoms with E-state index in [4.69, 9.17) is 4.74 Å². The molecule has 2 heterocycles. The molecule has 1 aliphatic rings. The van der Waals surface area contributed by atoms with Gasteiger partial charge >= 0.3 is 5.82 Å². The summed E-state index contributed by atoms with van der Waals surface area (Å²) >= 11 is 0. The number of rotatable bonds is 1. The summed E-state index contributed by atoms with van der Waals surface area (Å²) < 4.78 is 7.64. The first-order chi connectivity index (χ1) is 5.81.